The van der Waals surface area contributed by atoms with Crippen LogP contribution in [0.2, 0.25) is 0 Å². The average Bonchev–Trinajstić information content (AvgIpc) is 3.46. The number of esters is 1. The molecule has 0 aliphatic rings. The summed E-state index contributed by atoms with van der Waals surface area (Å²) < 4.78 is 10.4. The van der Waals surface area contributed by atoms with E-state index in [0.717, 1.165) is 33.5 Å². The highest BCUT2D eigenvalue weighted by atomic mass is 32.1. The van der Waals surface area contributed by atoms with Crippen molar-refractivity contribution >= 4 is 45.0 Å². The van der Waals surface area contributed by atoms with Crippen LogP contribution >= 0.6 is 11.3 Å². The number of hydrogen-bond donors (Lipinski definition) is 3. The van der Waals surface area contributed by atoms with E-state index in [2.05, 4.69) is 10.3 Å². The molecule has 0 bridgehead atoms. The number of aromatic amines is 1. The molecule has 174 valence electrons. The van der Waals surface area contributed by atoms with Gasteiger partial charge < -0.3 is 25.5 Å². The zero-order valence-electron chi connectivity index (χ0n) is 18.4. The summed E-state index contributed by atoms with van der Waals surface area (Å²) in [6.07, 6.45) is 0.534. The Morgan fingerprint density at radius 2 is 1.82 bits per heavy atom. The highest BCUT2D eigenvalue weighted by Gasteiger charge is 2.17. The van der Waals surface area contributed by atoms with Crippen LogP contribution in [0.25, 0.3) is 22.2 Å². The molecule has 2 aromatic heterocycles. The third-order valence-electron chi connectivity index (χ3n) is 5.32. The number of H-pyrrole nitrogens is 1. The van der Waals surface area contributed by atoms with Gasteiger partial charge in [-0.3, -0.25) is 14.4 Å². The number of aryl methyl sites for hydroxylation is 1. The van der Waals surface area contributed by atoms with E-state index in [9.17, 15) is 14.4 Å². The van der Waals surface area contributed by atoms with Crippen molar-refractivity contribution in [2.75, 3.05) is 19.0 Å². The molecule has 0 unspecified atom stereocenters. The molecule has 4 N–H and O–H groups in total. The smallest absolute Gasteiger partial charge is 0.306 e. The Balaban J connectivity index is 1.41. The first-order valence-electron chi connectivity index (χ1n) is 10.5. The maximum absolute atomic E-state index is 12.4. The van der Waals surface area contributed by atoms with Crippen LogP contribution in [0, 0.1) is 0 Å². The van der Waals surface area contributed by atoms with E-state index in [-0.39, 0.29) is 12.0 Å². The Bertz CT molecular complexity index is 1340. The molecule has 8 nitrogen and oxygen atoms in total. The summed E-state index contributed by atoms with van der Waals surface area (Å²) in [6.45, 7) is -0.450. The number of benzene rings is 2. The van der Waals surface area contributed by atoms with Crippen molar-refractivity contribution in [2.24, 2.45) is 5.73 Å². The van der Waals surface area contributed by atoms with Crippen molar-refractivity contribution in [2.45, 2.75) is 12.8 Å². The van der Waals surface area contributed by atoms with Crippen molar-refractivity contribution in [1.82, 2.24) is 4.98 Å². The van der Waals surface area contributed by atoms with Crippen LogP contribution < -0.4 is 15.8 Å². The predicted octanol–water partition coefficient (Wildman–Crippen LogP) is 4.12. The molecule has 0 spiro atoms. The van der Waals surface area contributed by atoms with Gasteiger partial charge in [-0.2, -0.15) is 0 Å². The van der Waals surface area contributed by atoms with Gasteiger partial charge in [-0.1, -0.05) is 18.2 Å². The molecule has 0 fully saturated rings. The fraction of sp³-hybridized carbons (Fsp3) is 0.160. The zero-order chi connectivity index (χ0) is 24.1. The van der Waals surface area contributed by atoms with Gasteiger partial charge in [0.15, 0.2) is 6.61 Å². The first kappa shape index (κ1) is 23.1. The molecule has 2 aromatic carbocycles. The number of anilines is 1. The lowest BCUT2D eigenvalue weighted by Crippen LogP contribution is -2.22. The minimum atomic E-state index is -0.639. The Labute approximate surface area is 199 Å². The number of rotatable bonds is 9. The molecule has 2 amide bonds. The quantitative estimate of drug-likeness (QED) is 0.313. The Morgan fingerprint density at radius 3 is 2.56 bits per heavy atom. The summed E-state index contributed by atoms with van der Waals surface area (Å²) in [7, 11) is 1.62. The van der Waals surface area contributed by atoms with E-state index in [1.807, 2.05) is 48.5 Å². The normalized spacial score (nSPS) is 10.7. The molecule has 34 heavy (non-hydrogen) atoms. The number of nitrogens with two attached hydrogens (primary N) is 1. The van der Waals surface area contributed by atoms with Gasteiger partial charge in [0.1, 0.15) is 10.8 Å². The number of methoxy groups -OCH3 is 1. The topological polar surface area (TPSA) is 124 Å². The van der Waals surface area contributed by atoms with E-state index < -0.39 is 24.4 Å². The number of carbonyl (C=O) groups is 3. The summed E-state index contributed by atoms with van der Waals surface area (Å²) in [5, 5.41) is 5.54. The Kier molecular flexibility index (Phi) is 6.93. The second kappa shape index (κ2) is 10.2. The average molecular weight is 478 g/mol. The maximum Gasteiger partial charge on any atom is 0.306 e. The lowest BCUT2D eigenvalue weighted by atomic mass is 10.0. The van der Waals surface area contributed by atoms with Gasteiger partial charge in [-0.15, -0.1) is 11.3 Å². The van der Waals surface area contributed by atoms with Gasteiger partial charge >= 0.3 is 5.97 Å². The van der Waals surface area contributed by atoms with Gasteiger partial charge in [0.25, 0.3) is 11.8 Å². The Morgan fingerprint density at radius 1 is 1.06 bits per heavy atom. The number of ether oxygens (including phenoxy) is 2. The Hall–Kier alpha value is -4.11. The predicted molar refractivity (Wildman–Crippen MR) is 131 cm³/mol. The first-order valence-corrected chi connectivity index (χ1v) is 11.4. The number of amides is 2. The van der Waals surface area contributed by atoms with Gasteiger partial charge in [0, 0.05) is 23.0 Å². The van der Waals surface area contributed by atoms with Gasteiger partial charge in [-0.25, -0.2) is 0 Å². The van der Waals surface area contributed by atoms with E-state index in [1.54, 1.807) is 12.5 Å². The molecule has 0 aliphatic heterocycles. The fourth-order valence-electron chi connectivity index (χ4n) is 3.67. The van der Waals surface area contributed by atoms with Gasteiger partial charge in [-0.05, 0) is 59.3 Å². The van der Waals surface area contributed by atoms with Crippen LogP contribution in [0.15, 0.2) is 60.0 Å². The van der Waals surface area contributed by atoms with Crippen LogP contribution in [0.3, 0.4) is 0 Å². The lowest BCUT2D eigenvalue weighted by Gasteiger charge is -2.08. The first-order chi connectivity index (χ1) is 16.5. The maximum atomic E-state index is 12.4. The van der Waals surface area contributed by atoms with Crippen LogP contribution in [-0.4, -0.2) is 36.5 Å². The number of carbonyl (C=O) groups excluding carboxylic acids is 3. The minimum absolute atomic E-state index is 0.101. The molecule has 0 radical (unpaired) electrons. The van der Waals surface area contributed by atoms with E-state index in [0.29, 0.717) is 11.4 Å². The standard InChI is InChI=1S/C25H23N3O5S/c1-32-16-8-6-15(7-9-16)23-18(17-4-2-3-5-20(17)27-23)10-11-22(30)33-14-21(29)28-25-19(24(26)31)12-13-34-25/h2-9,12-13,27H,10-11,14H2,1H3,(H2,26,31)(H,28,29). The molecule has 0 atom stereocenters. The third kappa shape index (κ3) is 5.10. The second-order valence-electron chi connectivity index (χ2n) is 7.49. The monoisotopic (exact) mass is 477 g/mol. The zero-order valence-corrected chi connectivity index (χ0v) is 19.2. The number of aromatic nitrogens is 1. The molecule has 0 saturated heterocycles. The molecule has 0 aliphatic carbocycles. The summed E-state index contributed by atoms with van der Waals surface area (Å²) in [4.78, 5) is 39.3. The number of primary amides is 1. The van der Waals surface area contributed by atoms with Crippen LogP contribution in [-0.2, 0) is 20.7 Å². The fourth-order valence-corrected chi connectivity index (χ4v) is 4.48. The summed E-state index contributed by atoms with van der Waals surface area (Å²) in [5.41, 5.74) is 9.35. The lowest BCUT2D eigenvalue weighted by molar-refractivity contribution is -0.147. The molecule has 2 heterocycles. The second-order valence-corrected chi connectivity index (χ2v) is 8.41. The number of thiophene rings is 1. The summed E-state index contributed by atoms with van der Waals surface area (Å²) in [6, 6.07) is 17.1. The molecule has 4 rings (SSSR count). The SMILES string of the molecule is COc1ccc(-c2[nH]c3ccccc3c2CCC(=O)OCC(=O)Nc2sccc2C(N)=O)cc1. The third-order valence-corrected chi connectivity index (χ3v) is 6.15. The van der Waals surface area contributed by atoms with Crippen molar-refractivity contribution < 1.29 is 23.9 Å². The molecule has 4 aromatic rings. The van der Waals surface area contributed by atoms with E-state index >= 15 is 0 Å². The number of para-hydroxylation sites is 1. The van der Waals surface area contributed by atoms with E-state index in [1.165, 1.54) is 17.4 Å². The minimum Gasteiger partial charge on any atom is -0.497 e. The van der Waals surface area contributed by atoms with Gasteiger partial charge in [0.05, 0.1) is 12.7 Å². The van der Waals surface area contributed by atoms with Crippen molar-refractivity contribution in [3.8, 4) is 17.0 Å². The molecule has 0 saturated carbocycles. The summed E-state index contributed by atoms with van der Waals surface area (Å²) >= 11 is 1.17. The van der Waals surface area contributed by atoms with E-state index in [4.69, 9.17) is 15.2 Å². The van der Waals surface area contributed by atoms with Crippen molar-refractivity contribution in [3.05, 3.63) is 71.1 Å². The molecular formula is C25H23N3O5S. The van der Waals surface area contributed by atoms with Crippen molar-refractivity contribution in [3.63, 3.8) is 0 Å². The van der Waals surface area contributed by atoms with Crippen LogP contribution in [0.1, 0.15) is 22.3 Å². The van der Waals surface area contributed by atoms with Crippen LogP contribution in [0.5, 0.6) is 5.75 Å². The van der Waals surface area contributed by atoms with Crippen molar-refractivity contribution in [1.29, 1.82) is 0 Å². The highest BCUT2D eigenvalue weighted by Crippen LogP contribution is 2.32. The highest BCUT2D eigenvalue weighted by molar-refractivity contribution is 7.14. The van der Waals surface area contributed by atoms with Crippen LogP contribution in [0.4, 0.5) is 5.00 Å². The number of hydrogen-bond acceptors (Lipinski definition) is 6. The molecule has 9 heteroatoms. The number of nitrogens with one attached hydrogen (secondary N) is 2. The van der Waals surface area contributed by atoms with Gasteiger partial charge in [0.2, 0.25) is 0 Å². The summed E-state index contributed by atoms with van der Waals surface area (Å²) in [5.74, 6) is -0.916. The largest absolute Gasteiger partial charge is 0.497 e. The number of fused-ring (bicyclic) bond motifs is 1. The molecular weight excluding hydrogens is 454 g/mol.